The Labute approximate surface area is 174 Å². The maximum atomic E-state index is 12.8. The van der Waals surface area contributed by atoms with E-state index < -0.39 is 5.91 Å². The minimum absolute atomic E-state index is 0.183. The topological polar surface area (TPSA) is 87.8 Å². The highest BCUT2D eigenvalue weighted by molar-refractivity contribution is 7.22. The first-order valence-corrected chi connectivity index (χ1v) is 9.78. The van der Waals surface area contributed by atoms with Crippen LogP contribution in [-0.4, -0.2) is 15.5 Å². The molecular formula is C21H13ClN4O2S. The number of anilines is 1. The Morgan fingerprint density at radius 2 is 2.00 bits per heavy atom. The van der Waals surface area contributed by atoms with Crippen LogP contribution in [0.4, 0.5) is 5.69 Å². The number of benzene rings is 2. The third-order valence-corrected chi connectivity index (χ3v) is 5.72. The van der Waals surface area contributed by atoms with Crippen molar-refractivity contribution in [3.63, 3.8) is 0 Å². The standard InChI is InChI=1S/C21H13ClN4O2S/c22-16-8-15(7-6-14(16)10-23)25-19(27)11-26-12-24-17-9-18(29-20(17)21(26)28)13-4-2-1-3-5-13/h1-9,12H,11H2,(H,25,27). The molecule has 2 aromatic heterocycles. The second-order valence-corrected chi connectivity index (χ2v) is 7.68. The van der Waals surface area contributed by atoms with Gasteiger partial charge in [0.15, 0.2) is 0 Å². The van der Waals surface area contributed by atoms with E-state index in [1.54, 1.807) is 6.07 Å². The van der Waals surface area contributed by atoms with Crippen molar-refractivity contribution >= 4 is 44.7 Å². The van der Waals surface area contributed by atoms with Crippen LogP contribution < -0.4 is 10.9 Å². The molecule has 0 spiro atoms. The van der Waals surface area contributed by atoms with E-state index >= 15 is 0 Å². The van der Waals surface area contributed by atoms with Gasteiger partial charge in [0.1, 0.15) is 17.3 Å². The third-order valence-electron chi connectivity index (χ3n) is 4.25. The van der Waals surface area contributed by atoms with Gasteiger partial charge < -0.3 is 5.32 Å². The van der Waals surface area contributed by atoms with Crippen LogP contribution in [0.2, 0.25) is 5.02 Å². The molecule has 2 heterocycles. The number of hydrogen-bond acceptors (Lipinski definition) is 5. The van der Waals surface area contributed by atoms with Crippen molar-refractivity contribution in [2.45, 2.75) is 6.54 Å². The summed E-state index contributed by atoms with van der Waals surface area (Å²) in [5.41, 5.74) is 2.12. The Morgan fingerprint density at radius 3 is 2.72 bits per heavy atom. The molecule has 0 aliphatic rings. The van der Waals surface area contributed by atoms with Gasteiger partial charge in [-0.1, -0.05) is 41.9 Å². The summed E-state index contributed by atoms with van der Waals surface area (Å²) < 4.78 is 1.77. The summed E-state index contributed by atoms with van der Waals surface area (Å²) in [6.07, 6.45) is 1.37. The number of halogens is 1. The van der Waals surface area contributed by atoms with Crippen LogP contribution in [0.1, 0.15) is 5.56 Å². The number of carbonyl (C=O) groups is 1. The average Bonchev–Trinajstić information content (AvgIpc) is 3.16. The van der Waals surface area contributed by atoms with Gasteiger partial charge in [-0.2, -0.15) is 5.26 Å². The predicted molar refractivity (Wildman–Crippen MR) is 114 cm³/mol. The fraction of sp³-hybridized carbons (Fsp3) is 0.0476. The zero-order valence-electron chi connectivity index (χ0n) is 14.9. The van der Waals surface area contributed by atoms with Crippen molar-refractivity contribution in [1.82, 2.24) is 9.55 Å². The second-order valence-electron chi connectivity index (χ2n) is 6.22. The molecule has 0 fully saturated rings. The lowest BCUT2D eigenvalue weighted by Gasteiger charge is -2.08. The van der Waals surface area contributed by atoms with Crippen LogP contribution >= 0.6 is 22.9 Å². The van der Waals surface area contributed by atoms with Crippen LogP contribution in [0.5, 0.6) is 0 Å². The zero-order valence-corrected chi connectivity index (χ0v) is 16.5. The van der Waals surface area contributed by atoms with Crippen molar-refractivity contribution in [2.24, 2.45) is 0 Å². The van der Waals surface area contributed by atoms with Crippen LogP contribution in [0, 0.1) is 11.3 Å². The summed E-state index contributed by atoms with van der Waals surface area (Å²) in [4.78, 5) is 30.4. The van der Waals surface area contributed by atoms with Gasteiger partial charge in [-0.05, 0) is 29.8 Å². The first kappa shape index (κ1) is 18.9. The number of nitrogens with zero attached hydrogens (tertiary/aromatic N) is 3. The van der Waals surface area contributed by atoms with Gasteiger partial charge in [0.25, 0.3) is 5.56 Å². The molecule has 0 radical (unpaired) electrons. The lowest BCUT2D eigenvalue weighted by atomic mass is 10.2. The lowest BCUT2D eigenvalue weighted by molar-refractivity contribution is -0.116. The smallest absolute Gasteiger partial charge is 0.271 e. The van der Waals surface area contributed by atoms with Crippen LogP contribution in [0.15, 0.2) is 65.7 Å². The van der Waals surface area contributed by atoms with Crippen LogP contribution in [0.25, 0.3) is 20.7 Å². The van der Waals surface area contributed by atoms with Gasteiger partial charge in [0.05, 0.1) is 22.4 Å². The molecule has 0 unspecified atom stereocenters. The maximum Gasteiger partial charge on any atom is 0.271 e. The normalized spacial score (nSPS) is 10.6. The van der Waals surface area contributed by atoms with E-state index in [-0.39, 0.29) is 17.1 Å². The number of nitriles is 1. The number of fused-ring (bicyclic) bond motifs is 1. The fourth-order valence-corrected chi connectivity index (χ4v) is 4.13. The van der Waals surface area contributed by atoms with Gasteiger partial charge in [0, 0.05) is 10.6 Å². The molecule has 1 amide bonds. The Balaban J connectivity index is 1.57. The first-order chi connectivity index (χ1) is 14.0. The van der Waals surface area contributed by atoms with E-state index in [1.807, 2.05) is 42.5 Å². The Morgan fingerprint density at radius 1 is 1.21 bits per heavy atom. The van der Waals surface area contributed by atoms with Crippen molar-refractivity contribution in [2.75, 3.05) is 5.32 Å². The van der Waals surface area contributed by atoms with E-state index in [9.17, 15) is 9.59 Å². The highest BCUT2D eigenvalue weighted by atomic mass is 35.5. The number of amides is 1. The minimum Gasteiger partial charge on any atom is -0.324 e. The molecule has 0 bridgehead atoms. The molecule has 1 N–H and O–H groups in total. The van der Waals surface area contributed by atoms with E-state index in [1.165, 1.54) is 34.4 Å². The Kier molecular flexibility index (Phi) is 5.12. The van der Waals surface area contributed by atoms with E-state index in [4.69, 9.17) is 16.9 Å². The average molecular weight is 421 g/mol. The quantitative estimate of drug-likeness (QED) is 0.533. The summed E-state index contributed by atoms with van der Waals surface area (Å²) in [6, 6.07) is 18.2. The van der Waals surface area contributed by atoms with Crippen molar-refractivity contribution in [1.29, 1.82) is 5.26 Å². The number of hydrogen-bond donors (Lipinski definition) is 1. The highest BCUT2D eigenvalue weighted by Crippen LogP contribution is 2.30. The van der Waals surface area contributed by atoms with Gasteiger partial charge in [0.2, 0.25) is 5.91 Å². The molecule has 0 atom stereocenters. The summed E-state index contributed by atoms with van der Waals surface area (Å²) >= 11 is 7.33. The number of carbonyl (C=O) groups excluding carboxylic acids is 1. The molecule has 4 aromatic rings. The molecule has 0 saturated heterocycles. The van der Waals surface area contributed by atoms with E-state index in [0.717, 1.165) is 10.4 Å². The number of rotatable bonds is 4. The molecule has 29 heavy (non-hydrogen) atoms. The van der Waals surface area contributed by atoms with Gasteiger partial charge in [-0.15, -0.1) is 11.3 Å². The molecule has 8 heteroatoms. The summed E-state index contributed by atoms with van der Waals surface area (Å²) in [5.74, 6) is -0.395. The van der Waals surface area contributed by atoms with Crippen molar-refractivity contribution < 1.29 is 4.79 Å². The van der Waals surface area contributed by atoms with Gasteiger partial charge in [-0.3, -0.25) is 14.2 Å². The largest absolute Gasteiger partial charge is 0.324 e. The summed E-state index contributed by atoms with van der Waals surface area (Å²) in [7, 11) is 0. The van der Waals surface area contributed by atoms with Crippen molar-refractivity contribution in [3.05, 3.63) is 81.9 Å². The zero-order chi connectivity index (χ0) is 20.4. The van der Waals surface area contributed by atoms with E-state index in [2.05, 4.69) is 10.3 Å². The van der Waals surface area contributed by atoms with Crippen LogP contribution in [-0.2, 0) is 11.3 Å². The molecule has 0 saturated carbocycles. The van der Waals surface area contributed by atoms with Gasteiger partial charge in [-0.25, -0.2) is 4.98 Å². The SMILES string of the molecule is N#Cc1ccc(NC(=O)Cn2cnc3cc(-c4ccccc4)sc3c2=O)cc1Cl. The predicted octanol–water partition coefficient (Wildman–Crippen LogP) is 4.29. The number of aromatic nitrogens is 2. The molecule has 142 valence electrons. The second kappa shape index (κ2) is 7.87. The molecular weight excluding hydrogens is 408 g/mol. The molecule has 2 aromatic carbocycles. The molecule has 6 nitrogen and oxygen atoms in total. The summed E-state index contributed by atoms with van der Waals surface area (Å²) in [6.45, 7) is -0.183. The maximum absolute atomic E-state index is 12.8. The highest BCUT2D eigenvalue weighted by Gasteiger charge is 2.13. The Hall–Kier alpha value is -3.47. The first-order valence-electron chi connectivity index (χ1n) is 8.59. The van der Waals surface area contributed by atoms with Crippen LogP contribution in [0.3, 0.4) is 0 Å². The fourth-order valence-electron chi connectivity index (χ4n) is 2.84. The monoisotopic (exact) mass is 420 g/mol. The number of nitrogens with one attached hydrogen (secondary N) is 1. The molecule has 0 aliphatic heterocycles. The third kappa shape index (κ3) is 3.90. The molecule has 0 aliphatic carbocycles. The minimum atomic E-state index is -0.395. The molecule has 4 rings (SSSR count). The van der Waals surface area contributed by atoms with E-state index in [0.29, 0.717) is 21.5 Å². The Bertz CT molecular complexity index is 1320. The van der Waals surface area contributed by atoms with Gasteiger partial charge >= 0.3 is 0 Å². The lowest BCUT2D eigenvalue weighted by Crippen LogP contribution is -2.27. The van der Waals surface area contributed by atoms with Crippen molar-refractivity contribution in [3.8, 4) is 16.5 Å². The summed E-state index contributed by atoms with van der Waals surface area (Å²) in [5, 5.41) is 11.8. The number of thiophene rings is 1.